The molecule has 0 aliphatic rings. The largest absolute Gasteiger partial charge is 0.458 e. The first kappa shape index (κ1) is 19.7. The van der Waals surface area contributed by atoms with Crippen LogP contribution in [0.2, 0.25) is 0 Å². The van der Waals surface area contributed by atoms with Gasteiger partial charge in [0.25, 0.3) is 5.54 Å². The summed E-state index contributed by atoms with van der Waals surface area (Å²) >= 11 is 4.87. The van der Waals surface area contributed by atoms with Crippen molar-refractivity contribution in [1.29, 1.82) is 0 Å². The topological polar surface area (TPSA) is 65.0 Å². The Balaban J connectivity index is 2.39. The molecule has 6 heteroatoms. The van der Waals surface area contributed by atoms with Gasteiger partial charge in [-0.05, 0) is 38.5 Å². The van der Waals surface area contributed by atoms with Crippen LogP contribution in [0, 0.1) is 0 Å². The molecule has 0 saturated heterocycles. The van der Waals surface area contributed by atoms with E-state index in [2.05, 4.69) is 4.36 Å². The molecule has 0 fully saturated rings. The van der Waals surface area contributed by atoms with E-state index in [9.17, 15) is 9.59 Å². The Bertz CT molecular complexity index is 771. The van der Waals surface area contributed by atoms with E-state index in [0.717, 1.165) is 5.56 Å². The maximum absolute atomic E-state index is 12.9. The van der Waals surface area contributed by atoms with E-state index in [1.54, 1.807) is 75.4 Å². The fraction of sp³-hybridized carbons (Fsp3) is 0.300. The van der Waals surface area contributed by atoms with Crippen LogP contribution in [0.4, 0.5) is 0 Å². The van der Waals surface area contributed by atoms with Gasteiger partial charge in [-0.15, -0.1) is 0 Å². The molecule has 0 bridgehead atoms. The van der Waals surface area contributed by atoms with Gasteiger partial charge in [-0.3, -0.25) is 0 Å². The summed E-state index contributed by atoms with van der Waals surface area (Å²) in [6.07, 6.45) is -0.0437. The number of nitrogens with zero attached hydrogens (tertiary/aromatic N) is 1. The van der Waals surface area contributed by atoms with E-state index in [4.69, 9.17) is 21.9 Å². The molecule has 1 atom stereocenters. The van der Waals surface area contributed by atoms with Crippen LogP contribution >= 0.6 is 0 Å². The van der Waals surface area contributed by atoms with E-state index < -0.39 is 23.1 Å². The van der Waals surface area contributed by atoms with Crippen LogP contribution in [-0.2, 0) is 33.2 Å². The fourth-order valence-electron chi connectivity index (χ4n) is 2.27. The van der Waals surface area contributed by atoms with Gasteiger partial charge >= 0.3 is 11.9 Å². The summed E-state index contributed by atoms with van der Waals surface area (Å²) in [5, 5.41) is 0. The van der Waals surface area contributed by atoms with Crippen molar-refractivity contribution in [3.05, 3.63) is 66.2 Å². The number of carbonyl (C=O) groups excluding carboxylic acids is 2. The Morgan fingerprint density at radius 2 is 1.46 bits per heavy atom. The predicted octanol–water partition coefficient (Wildman–Crippen LogP) is 3.65. The summed E-state index contributed by atoms with van der Waals surface area (Å²) in [5.41, 5.74) is -2.04. The second-order valence-electron chi connectivity index (χ2n) is 6.82. The lowest BCUT2D eigenvalue weighted by Gasteiger charge is -2.28. The first-order valence-electron chi connectivity index (χ1n) is 8.16. The molecule has 0 heterocycles. The highest BCUT2D eigenvalue weighted by Crippen LogP contribution is 2.26. The van der Waals surface area contributed by atoms with Gasteiger partial charge in [0.1, 0.15) is 11.4 Å². The molecule has 136 valence electrons. The van der Waals surface area contributed by atoms with Crippen LogP contribution in [-0.4, -0.2) is 23.1 Å². The zero-order valence-corrected chi connectivity index (χ0v) is 15.8. The Hall–Kier alpha value is -2.60. The van der Waals surface area contributed by atoms with Crippen LogP contribution in [0.1, 0.15) is 26.3 Å². The molecular formula is C20H21NO4S. The molecule has 0 aromatic heterocycles. The lowest BCUT2D eigenvalue weighted by molar-refractivity contribution is -0.167. The smallest absolute Gasteiger partial charge is 0.352 e. The maximum Gasteiger partial charge on any atom is 0.352 e. The van der Waals surface area contributed by atoms with Crippen LogP contribution < -0.4 is 4.74 Å². The molecule has 0 radical (unpaired) electrons. The summed E-state index contributed by atoms with van der Waals surface area (Å²) in [7, 11) is 0. The van der Waals surface area contributed by atoms with Crippen molar-refractivity contribution in [2.45, 2.75) is 38.3 Å². The average Bonchev–Trinajstić information content (AvgIpc) is 2.59. The molecule has 2 aromatic carbocycles. The average molecular weight is 371 g/mol. The standard InChI is InChI=1S/C20H21NO4S/c1-19(2,3)25-18(23)20(21-26,14-15-10-6-4-7-11-15)17(22)24-16-12-8-5-9-13-16/h4-13H,14H2,1-3H3/t20-/m0/s1. The predicted molar refractivity (Wildman–Crippen MR) is 101 cm³/mol. The normalized spacial score (nSPS) is 13.3. The SMILES string of the molecule is CC(C)(C)OC(=O)[C@@](Cc1ccccc1)(N=S)C(=O)Oc1ccccc1. The molecule has 26 heavy (non-hydrogen) atoms. The van der Waals surface area contributed by atoms with Crippen LogP contribution in [0.25, 0.3) is 0 Å². The van der Waals surface area contributed by atoms with E-state index in [0.29, 0.717) is 5.75 Å². The number of benzene rings is 2. The van der Waals surface area contributed by atoms with Crippen molar-refractivity contribution >= 4 is 24.4 Å². The molecule has 0 spiro atoms. The highest BCUT2D eigenvalue weighted by molar-refractivity contribution is 7.47. The van der Waals surface area contributed by atoms with Crippen molar-refractivity contribution in [3.8, 4) is 5.75 Å². The zero-order valence-electron chi connectivity index (χ0n) is 15.0. The number of hydrogen-bond donors (Lipinski definition) is 0. The van der Waals surface area contributed by atoms with Gasteiger partial charge in [0, 0.05) is 18.8 Å². The first-order chi connectivity index (χ1) is 12.3. The quantitative estimate of drug-likeness (QED) is 0.441. The van der Waals surface area contributed by atoms with Gasteiger partial charge in [0.15, 0.2) is 0 Å². The highest BCUT2D eigenvalue weighted by atomic mass is 32.1. The minimum absolute atomic E-state index is 0.0437. The second kappa shape index (κ2) is 8.19. The third-order valence-electron chi connectivity index (χ3n) is 3.49. The minimum atomic E-state index is -1.96. The monoisotopic (exact) mass is 371 g/mol. The first-order valence-corrected chi connectivity index (χ1v) is 8.52. The van der Waals surface area contributed by atoms with Gasteiger partial charge in [-0.2, -0.15) is 4.36 Å². The summed E-state index contributed by atoms with van der Waals surface area (Å²) in [5.74, 6) is -1.39. The van der Waals surface area contributed by atoms with Crippen molar-refractivity contribution < 1.29 is 19.1 Å². The third-order valence-corrected chi connectivity index (χ3v) is 3.80. The van der Waals surface area contributed by atoms with Gasteiger partial charge in [-0.25, -0.2) is 9.59 Å². The lowest BCUT2D eigenvalue weighted by Crippen LogP contribution is -2.52. The Morgan fingerprint density at radius 3 is 1.96 bits per heavy atom. The van der Waals surface area contributed by atoms with Crippen molar-refractivity contribution in [3.63, 3.8) is 0 Å². The summed E-state index contributed by atoms with van der Waals surface area (Å²) in [6.45, 7) is 5.14. The highest BCUT2D eigenvalue weighted by Gasteiger charge is 2.51. The molecule has 0 aliphatic carbocycles. The van der Waals surface area contributed by atoms with Crippen molar-refractivity contribution in [1.82, 2.24) is 0 Å². The molecule has 2 rings (SSSR count). The summed E-state index contributed by atoms with van der Waals surface area (Å²) in [4.78, 5) is 25.8. The molecule has 5 nitrogen and oxygen atoms in total. The summed E-state index contributed by atoms with van der Waals surface area (Å²) in [6, 6.07) is 17.5. The Labute approximate surface area is 158 Å². The number of carbonyl (C=O) groups is 2. The fourth-order valence-corrected chi connectivity index (χ4v) is 2.48. The third kappa shape index (κ3) is 4.95. The van der Waals surface area contributed by atoms with E-state index in [1.807, 2.05) is 6.07 Å². The molecule has 0 amide bonds. The lowest BCUT2D eigenvalue weighted by atomic mass is 9.91. The molecule has 0 N–H and O–H groups in total. The minimum Gasteiger partial charge on any atom is -0.458 e. The van der Waals surface area contributed by atoms with Crippen LogP contribution in [0.5, 0.6) is 5.75 Å². The zero-order chi connectivity index (χ0) is 19.2. The van der Waals surface area contributed by atoms with Crippen molar-refractivity contribution in [2.24, 2.45) is 4.36 Å². The van der Waals surface area contributed by atoms with E-state index >= 15 is 0 Å². The summed E-state index contributed by atoms with van der Waals surface area (Å²) < 4.78 is 14.5. The van der Waals surface area contributed by atoms with Gasteiger partial charge in [0.05, 0.1) is 0 Å². The number of esters is 2. The van der Waals surface area contributed by atoms with Gasteiger partial charge < -0.3 is 9.47 Å². The second-order valence-corrected chi connectivity index (χ2v) is 7.00. The van der Waals surface area contributed by atoms with Crippen molar-refractivity contribution in [2.75, 3.05) is 0 Å². The Kier molecular flexibility index (Phi) is 6.21. The Morgan fingerprint density at radius 1 is 0.923 bits per heavy atom. The van der Waals surface area contributed by atoms with Crippen LogP contribution in [0.3, 0.4) is 0 Å². The molecule has 0 saturated carbocycles. The number of rotatable bonds is 6. The number of ether oxygens (including phenoxy) is 2. The van der Waals surface area contributed by atoms with E-state index in [1.165, 1.54) is 0 Å². The molecule has 0 unspecified atom stereocenters. The van der Waals surface area contributed by atoms with Gasteiger partial charge in [-0.1, -0.05) is 48.5 Å². The number of para-hydroxylation sites is 1. The molecule has 2 aromatic rings. The van der Waals surface area contributed by atoms with E-state index in [-0.39, 0.29) is 6.42 Å². The molecular weight excluding hydrogens is 350 g/mol. The molecule has 0 aliphatic heterocycles. The number of hydrogen-bond acceptors (Lipinski definition) is 6. The maximum atomic E-state index is 12.9. The van der Waals surface area contributed by atoms with Crippen LogP contribution in [0.15, 0.2) is 65.0 Å². The van der Waals surface area contributed by atoms with Gasteiger partial charge in [0.2, 0.25) is 0 Å².